The van der Waals surface area contributed by atoms with Gasteiger partial charge in [0.1, 0.15) is 6.61 Å². The van der Waals surface area contributed by atoms with E-state index >= 15 is 0 Å². The summed E-state index contributed by atoms with van der Waals surface area (Å²) < 4.78 is 50.6. The number of aliphatic hydroxyl groups is 1. The van der Waals surface area contributed by atoms with Gasteiger partial charge in [-0.3, -0.25) is 4.79 Å². The molecule has 0 bridgehead atoms. The molecule has 0 spiro atoms. The first kappa shape index (κ1) is 14.4. The van der Waals surface area contributed by atoms with Gasteiger partial charge in [0.25, 0.3) is 5.92 Å². The minimum absolute atomic E-state index is 0.165. The van der Waals surface area contributed by atoms with Gasteiger partial charge in [0, 0.05) is 0 Å². The predicted molar refractivity (Wildman–Crippen MR) is 55.1 cm³/mol. The maximum absolute atomic E-state index is 12.8. The Hall–Kier alpha value is -1.63. The van der Waals surface area contributed by atoms with E-state index in [0.717, 1.165) is 12.1 Å². The van der Waals surface area contributed by atoms with Crippen LogP contribution >= 0.6 is 0 Å². The molecule has 100 valence electrons. The minimum Gasteiger partial charge on any atom is -0.390 e. The Morgan fingerprint density at radius 3 is 2.50 bits per heavy atom. The van der Waals surface area contributed by atoms with Crippen LogP contribution in [-0.4, -0.2) is 30.1 Å². The molecule has 0 aromatic heterocycles. The zero-order valence-corrected chi connectivity index (χ0v) is 9.22. The SMILES string of the molecule is O=C(Cc1ccc(F)c(F)c1)NCC(F)(F)CO. The lowest BCUT2D eigenvalue weighted by Crippen LogP contribution is -2.39. The number of halogens is 4. The summed E-state index contributed by atoms with van der Waals surface area (Å²) in [5.74, 6) is -6.33. The first-order valence-corrected chi connectivity index (χ1v) is 5.03. The summed E-state index contributed by atoms with van der Waals surface area (Å²) in [6.45, 7) is -2.38. The van der Waals surface area contributed by atoms with Gasteiger partial charge >= 0.3 is 0 Å². The number of rotatable bonds is 5. The summed E-state index contributed by atoms with van der Waals surface area (Å²) in [5.41, 5.74) is 0.165. The Labute approximate surface area is 100 Å². The summed E-state index contributed by atoms with van der Waals surface area (Å²) in [6.07, 6.45) is -0.349. The van der Waals surface area contributed by atoms with Crippen LogP contribution in [0.5, 0.6) is 0 Å². The van der Waals surface area contributed by atoms with Crippen molar-refractivity contribution in [3.63, 3.8) is 0 Å². The number of carbonyl (C=O) groups is 1. The van der Waals surface area contributed by atoms with Gasteiger partial charge in [-0.2, -0.15) is 0 Å². The second-order valence-corrected chi connectivity index (χ2v) is 3.72. The number of benzene rings is 1. The van der Waals surface area contributed by atoms with E-state index in [-0.39, 0.29) is 12.0 Å². The van der Waals surface area contributed by atoms with Crippen LogP contribution in [0.25, 0.3) is 0 Å². The summed E-state index contributed by atoms with van der Waals surface area (Å²) in [6, 6.07) is 2.85. The van der Waals surface area contributed by atoms with Gasteiger partial charge in [0.05, 0.1) is 13.0 Å². The highest BCUT2D eigenvalue weighted by molar-refractivity contribution is 5.78. The average Bonchev–Trinajstić information content (AvgIpc) is 2.32. The number of hydrogen-bond acceptors (Lipinski definition) is 2. The highest BCUT2D eigenvalue weighted by atomic mass is 19.3. The lowest BCUT2D eigenvalue weighted by Gasteiger charge is -2.13. The third-order valence-corrected chi connectivity index (χ3v) is 2.12. The molecular weight excluding hydrogens is 254 g/mol. The molecule has 1 amide bonds. The highest BCUT2D eigenvalue weighted by Gasteiger charge is 2.28. The molecule has 0 saturated carbocycles. The highest BCUT2D eigenvalue weighted by Crippen LogP contribution is 2.11. The van der Waals surface area contributed by atoms with E-state index in [9.17, 15) is 22.4 Å². The molecule has 7 heteroatoms. The van der Waals surface area contributed by atoms with Crippen molar-refractivity contribution < 1.29 is 27.5 Å². The quantitative estimate of drug-likeness (QED) is 0.787. The fraction of sp³-hybridized carbons (Fsp3) is 0.364. The molecule has 1 rings (SSSR count). The first-order chi connectivity index (χ1) is 8.34. The third-order valence-electron chi connectivity index (χ3n) is 2.12. The molecule has 1 aromatic rings. The summed E-state index contributed by atoms with van der Waals surface area (Å²) in [7, 11) is 0. The molecular formula is C11H11F4NO2. The van der Waals surface area contributed by atoms with Crippen LogP contribution < -0.4 is 5.32 Å². The molecule has 0 atom stereocenters. The molecule has 0 saturated heterocycles. The Morgan fingerprint density at radius 2 is 1.94 bits per heavy atom. The van der Waals surface area contributed by atoms with Gasteiger partial charge in [-0.05, 0) is 17.7 Å². The molecule has 3 nitrogen and oxygen atoms in total. The molecule has 1 aromatic carbocycles. The van der Waals surface area contributed by atoms with Crippen LogP contribution in [0.3, 0.4) is 0 Å². The monoisotopic (exact) mass is 265 g/mol. The van der Waals surface area contributed by atoms with E-state index in [1.54, 1.807) is 0 Å². The van der Waals surface area contributed by atoms with E-state index in [0.29, 0.717) is 0 Å². The molecule has 0 aliphatic rings. The molecule has 18 heavy (non-hydrogen) atoms. The maximum Gasteiger partial charge on any atom is 0.287 e. The van der Waals surface area contributed by atoms with E-state index in [2.05, 4.69) is 0 Å². The van der Waals surface area contributed by atoms with Crippen molar-refractivity contribution in [3.05, 3.63) is 35.4 Å². The van der Waals surface area contributed by atoms with E-state index < -0.39 is 36.6 Å². The van der Waals surface area contributed by atoms with Crippen molar-refractivity contribution >= 4 is 5.91 Å². The fourth-order valence-corrected chi connectivity index (χ4v) is 1.18. The van der Waals surface area contributed by atoms with Crippen LogP contribution in [0.1, 0.15) is 5.56 Å². The lowest BCUT2D eigenvalue weighted by atomic mass is 10.1. The third kappa shape index (κ3) is 4.33. The van der Waals surface area contributed by atoms with Gasteiger partial charge in [-0.1, -0.05) is 6.07 Å². The number of nitrogens with one attached hydrogen (secondary N) is 1. The zero-order valence-electron chi connectivity index (χ0n) is 9.22. The second-order valence-electron chi connectivity index (χ2n) is 3.72. The predicted octanol–water partition coefficient (Wildman–Crippen LogP) is 1.25. The van der Waals surface area contributed by atoms with Crippen LogP contribution in [0, 0.1) is 11.6 Å². The number of carbonyl (C=O) groups excluding carboxylic acids is 1. The van der Waals surface area contributed by atoms with Crippen LogP contribution in [0.15, 0.2) is 18.2 Å². The standard InChI is InChI=1S/C11H11F4NO2/c12-8-2-1-7(3-9(8)13)4-10(18)16-5-11(14,15)6-17/h1-3,17H,4-6H2,(H,16,18). The molecule has 0 aliphatic heterocycles. The Morgan fingerprint density at radius 1 is 1.28 bits per heavy atom. The van der Waals surface area contributed by atoms with Crippen molar-refractivity contribution in [1.82, 2.24) is 5.32 Å². The molecule has 0 heterocycles. The maximum atomic E-state index is 12.8. The van der Waals surface area contributed by atoms with Gasteiger partial charge < -0.3 is 10.4 Å². The van der Waals surface area contributed by atoms with Crippen LogP contribution in [0.4, 0.5) is 17.6 Å². The summed E-state index contributed by atoms with van der Waals surface area (Å²) in [4.78, 5) is 11.2. The van der Waals surface area contributed by atoms with Gasteiger partial charge in [0.15, 0.2) is 11.6 Å². The smallest absolute Gasteiger partial charge is 0.287 e. The van der Waals surface area contributed by atoms with E-state index in [1.807, 2.05) is 5.32 Å². The van der Waals surface area contributed by atoms with Crippen molar-refractivity contribution in [1.29, 1.82) is 0 Å². The van der Waals surface area contributed by atoms with Gasteiger partial charge in [-0.15, -0.1) is 0 Å². The van der Waals surface area contributed by atoms with Crippen molar-refractivity contribution in [2.24, 2.45) is 0 Å². The molecule has 0 unspecified atom stereocenters. The zero-order chi connectivity index (χ0) is 13.8. The van der Waals surface area contributed by atoms with Crippen molar-refractivity contribution in [2.75, 3.05) is 13.2 Å². The molecule has 2 N–H and O–H groups in total. The van der Waals surface area contributed by atoms with Crippen LogP contribution in [-0.2, 0) is 11.2 Å². The normalized spacial score (nSPS) is 11.4. The number of amides is 1. The lowest BCUT2D eigenvalue weighted by molar-refractivity contribution is -0.123. The number of aliphatic hydroxyl groups excluding tert-OH is 1. The first-order valence-electron chi connectivity index (χ1n) is 5.03. The minimum atomic E-state index is -3.40. The molecule has 0 aliphatic carbocycles. The molecule has 0 fully saturated rings. The Kier molecular flexibility index (Phi) is 4.66. The number of alkyl halides is 2. The van der Waals surface area contributed by atoms with Gasteiger partial charge in [-0.25, -0.2) is 17.6 Å². The van der Waals surface area contributed by atoms with Crippen LogP contribution in [0.2, 0.25) is 0 Å². The van der Waals surface area contributed by atoms with Gasteiger partial charge in [0.2, 0.25) is 5.91 Å². The average molecular weight is 265 g/mol. The number of hydrogen-bond donors (Lipinski definition) is 2. The van der Waals surface area contributed by atoms with E-state index in [1.165, 1.54) is 6.07 Å². The molecule has 0 radical (unpaired) electrons. The Bertz CT molecular complexity index is 437. The second kappa shape index (κ2) is 5.81. The largest absolute Gasteiger partial charge is 0.390 e. The van der Waals surface area contributed by atoms with Crippen molar-refractivity contribution in [2.45, 2.75) is 12.3 Å². The summed E-state index contributed by atoms with van der Waals surface area (Å²) >= 11 is 0. The van der Waals surface area contributed by atoms with Crippen molar-refractivity contribution in [3.8, 4) is 0 Å². The van der Waals surface area contributed by atoms with E-state index in [4.69, 9.17) is 5.11 Å². The topological polar surface area (TPSA) is 49.3 Å². The fourth-order valence-electron chi connectivity index (χ4n) is 1.18. The summed E-state index contributed by atoms with van der Waals surface area (Å²) in [5, 5.41) is 10.2. The Balaban J connectivity index is 2.52.